The van der Waals surface area contributed by atoms with Gasteiger partial charge >= 0.3 is 0 Å². The molecular formula is C23H27N3O4S. The molecule has 1 amide bonds. The van der Waals surface area contributed by atoms with Crippen LogP contribution < -0.4 is 5.32 Å². The molecule has 3 rings (SSSR count). The molecule has 1 heterocycles. The number of nitrogens with one attached hydrogen (secondary N) is 1. The molecule has 1 atom stereocenters. The summed E-state index contributed by atoms with van der Waals surface area (Å²) in [5.41, 5.74) is 2.94. The van der Waals surface area contributed by atoms with Gasteiger partial charge in [0.25, 0.3) is 0 Å². The van der Waals surface area contributed by atoms with Crippen LogP contribution in [0.5, 0.6) is 0 Å². The van der Waals surface area contributed by atoms with Gasteiger partial charge in [-0.3, -0.25) is 4.79 Å². The van der Waals surface area contributed by atoms with Crippen molar-refractivity contribution in [2.45, 2.75) is 50.5 Å². The minimum absolute atomic E-state index is 0.152. The average molecular weight is 442 g/mol. The van der Waals surface area contributed by atoms with Gasteiger partial charge in [0.2, 0.25) is 17.6 Å². The molecule has 1 N–H and O–H groups in total. The van der Waals surface area contributed by atoms with Crippen LogP contribution >= 0.6 is 0 Å². The van der Waals surface area contributed by atoms with Crippen molar-refractivity contribution in [2.75, 3.05) is 6.26 Å². The third-order valence-corrected chi connectivity index (χ3v) is 6.18. The molecule has 0 spiro atoms. The Balaban J connectivity index is 1.54. The molecule has 0 radical (unpaired) electrons. The quantitative estimate of drug-likeness (QED) is 0.565. The van der Waals surface area contributed by atoms with Crippen molar-refractivity contribution in [1.29, 1.82) is 0 Å². The van der Waals surface area contributed by atoms with E-state index in [9.17, 15) is 13.2 Å². The van der Waals surface area contributed by atoms with E-state index in [1.165, 1.54) is 5.56 Å². The van der Waals surface area contributed by atoms with E-state index in [0.29, 0.717) is 24.1 Å². The van der Waals surface area contributed by atoms with Gasteiger partial charge in [0.1, 0.15) is 0 Å². The van der Waals surface area contributed by atoms with Crippen molar-refractivity contribution < 1.29 is 17.7 Å². The normalized spacial score (nSPS) is 12.7. The smallest absolute Gasteiger partial charge is 0.227 e. The zero-order chi connectivity index (χ0) is 22.6. The van der Waals surface area contributed by atoms with Crippen LogP contribution in [0.3, 0.4) is 0 Å². The van der Waals surface area contributed by atoms with Crippen LogP contribution in [-0.2, 0) is 21.1 Å². The molecule has 31 heavy (non-hydrogen) atoms. The van der Waals surface area contributed by atoms with Crippen LogP contribution in [0.1, 0.15) is 56.2 Å². The number of amides is 1. The highest BCUT2D eigenvalue weighted by Crippen LogP contribution is 2.21. The second kappa shape index (κ2) is 9.43. The summed E-state index contributed by atoms with van der Waals surface area (Å²) in [5, 5.41) is 6.91. The number of benzene rings is 2. The van der Waals surface area contributed by atoms with E-state index in [1.54, 1.807) is 24.3 Å². The molecule has 0 saturated carbocycles. The molecule has 0 aliphatic heterocycles. The number of carbonyl (C=O) groups is 1. The number of carbonyl (C=O) groups excluding carboxylic acids is 1. The molecule has 8 heteroatoms. The summed E-state index contributed by atoms with van der Waals surface area (Å²) in [4.78, 5) is 16.9. The molecule has 0 saturated heterocycles. The van der Waals surface area contributed by atoms with Crippen molar-refractivity contribution in [2.24, 2.45) is 0 Å². The maximum Gasteiger partial charge on any atom is 0.227 e. The van der Waals surface area contributed by atoms with Crippen molar-refractivity contribution in [3.05, 3.63) is 65.5 Å². The second-order valence-corrected chi connectivity index (χ2v) is 9.93. The molecule has 2 aromatic carbocycles. The first kappa shape index (κ1) is 22.7. The van der Waals surface area contributed by atoms with E-state index < -0.39 is 9.84 Å². The number of aromatic nitrogens is 2. The summed E-state index contributed by atoms with van der Waals surface area (Å²) in [6.07, 6.45) is 1.71. The molecule has 0 bridgehead atoms. The first-order chi connectivity index (χ1) is 14.6. The zero-order valence-electron chi connectivity index (χ0n) is 18.1. The van der Waals surface area contributed by atoms with Gasteiger partial charge in [-0.25, -0.2) is 8.42 Å². The Morgan fingerprint density at radius 3 is 2.19 bits per heavy atom. The van der Waals surface area contributed by atoms with Crippen molar-refractivity contribution >= 4 is 15.7 Å². The predicted octanol–water partition coefficient (Wildman–Crippen LogP) is 4.07. The minimum Gasteiger partial charge on any atom is -0.350 e. The maximum absolute atomic E-state index is 12.3. The highest BCUT2D eigenvalue weighted by molar-refractivity contribution is 7.90. The van der Waals surface area contributed by atoms with Gasteiger partial charge in [0.15, 0.2) is 9.84 Å². The lowest BCUT2D eigenvalue weighted by molar-refractivity contribution is -0.121. The number of sulfone groups is 1. The van der Waals surface area contributed by atoms with E-state index in [0.717, 1.165) is 17.4 Å². The lowest BCUT2D eigenvalue weighted by Crippen LogP contribution is -2.26. The third kappa shape index (κ3) is 6.01. The fourth-order valence-corrected chi connectivity index (χ4v) is 3.74. The van der Waals surface area contributed by atoms with Gasteiger partial charge in [-0.05, 0) is 36.1 Å². The monoisotopic (exact) mass is 441 g/mol. The molecule has 1 aromatic heterocycles. The van der Waals surface area contributed by atoms with Gasteiger partial charge in [-0.1, -0.05) is 55.4 Å². The van der Waals surface area contributed by atoms with Crippen LogP contribution in [-0.4, -0.2) is 30.7 Å². The Morgan fingerprint density at radius 2 is 1.61 bits per heavy atom. The van der Waals surface area contributed by atoms with E-state index in [-0.39, 0.29) is 23.3 Å². The molecule has 164 valence electrons. The van der Waals surface area contributed by atoms with Crippen molar-refractivity contribution in [1.82, 2.24) is 15.5 Å². The van der Waals surface area contributed by atoms with Crippen molar-refractivity contribution in [3.63, 3.8) is 0 Å². The highest BCUT2D eigenvalue weighted by Gasteiger charge is 2.14. The Bertz CT molecular complexity index is 1130. The fraction of sp³-hybridized carbons (Fsp3) is 0.348. The highest BCUT2D eigenvalue weighted by atomic mass is 32.2. The first-order valence-corrected chi connectivity index (χ1v) is 12.0. The van der Waals surface area contributed by atoms with Crippen molar-refractivity contribution in [3.8, 4) is 11.4 Å². The fourth-order valence-electron chi connectivity index (χ4n) is 3.11. The summed E-state index contributed by atoms with van der Waals surface area (Å²) in [6, 6.07) is 14.3. The molecule has 0 aliphatic carbocycles. The molecule has 7 nitrogen and oxygen atoms in total. The molecule has 1 unspecified atom stereocenters. The second-order valence-electron chi connectivity index (χ2n) is 7.92. The topological polar surface area (TPSA) is 102 Å². The number of aryl methyl sites for hydroxylation is 1. The van der Waals surface area contributed by atoms with E-state index in [2.05, 4.69) is 29.3 Å². The number of rotatable bonds is 8. The largest absolute Gasteiger partial charge is 0.350 e. The Kier molecular flexibility index (Phi) is 6.90. The van der Waals surface area contributed by atoms with Crippen LogP contribution in [0.15, 0.2) is 57.9 Å². The number of nitrogens with zero attached hydrogens (tertiary/aromatic N) is 2. The summed E-state index contributed by atoms with van der Waals surface area (Å²) >= 11 is 0. The minimum atomic E-state index is -3.24. The Labute approximate surface area is 182 Å². The van der Waals surface area contributed by atoms with Gasteiger partial charge in [-0.2, -0.15) is 4.98 Å². The van der Waals surface area contributed by atoms with Gasteiger partial charge < -0.3 is 9.84 Å². The van der Waals surface area contributed by atoms with Crippen LogP contribution in [0.4, 0.5) is 0 Å². The SMILES string of the molecule is CC(C)c1ccc(-c2noc(CCC(=O)NC(C)c3ccc(S(C)(=O)=O)cc3)n2)cc1. The van der Waals surface area contributed by atoms with Crippen LogP contribution in [0, 0.1) is 0 Å². The maximum atomic E-state index is 12.3. The van der Waals surface area contributed by atoms with Gasteiger partial charge in [0, 0.05) is 24.7 Å². The third-order valence-electron chi connectivity index (χ3n) is 5.06. The number of hydrogen-bond acceptors (Lipinski definition) is 6. The van der Waals surface area contributed by atoms with E-state index in [4.69, 9.17) is 4.52 Å². The standard InChI is InChI=1S/C23H27N3O4S/c1-15(2)17-5-7-19(8-6-17)23-25-22(30-26-23)14-13-21(27)24-16(3)18-9-11-20(12-10-18)31(4,28)29/h5-12,15-16H,13-14H2,1-4H3,(H,24,27). The molecule has 3 aromatic rings. The van der Waals surface area contributed by atoms with Gasteiger partial charge in [0.05, 0.1) is 10.9 Å². The van der Waals surface area contributed by atoms with E-state index >= 15 is 0 Å². The summed E-state index contributed by atoms with van der Waals surface area (Å²) in [5.74, 6) is 1.21. The average Bonchev–Trinajstić information content (AvgIpc) is 3.21. The lowest BCUT2D eigenvalue weighted by atomic mass is 10.0. The Morgan fingerprint density at radius 1 is 1.00 bits per heavy atom. The summed E-state index contributed by atoms with van der Waals surface area (Å²) < 4.78 is 28.4. The van der Waals surface area contributed by atoms with E-state index in [1.807, 2.05) is 31.2 Å². The van der Waals surface area contributed by atoms with Gasteiger partial charge in [-0.15, -0.1) is 0 Å². The predicted molar refractivity (Wildman–Crippen MR) is 118 cm³/mol. The number of hydrogen-bond donors (Lipinski definition) is 1. The first-order valence-electron chi connectivity index (χ1n) is 10.2. The van der Waals surface area contributed by atoms with Crippen LogP contribution in [0.2, 0.25) is 0 Å². The summed E-state index contributed by atoms with van der Waals surface area (Å²) in [6.45, 7) is 6.12. The zero-order valence-corrected chi connectivity index (χ0v) is 18.9. The molecular weight excluding hydrogens is 414 g/mol. The molecule has 0 aliphatic rings. The lowest BCUT2D eigenvalue weighted by Gasteiger charge is -2.14. The molecule has 0 fully saturated rings. The van der Waals surface area contributed by atoms with Crippen LogP contribution in [0.25, 0.3) is 11.4 Å². The Hall–Kier alpha value is -3.00. The summed E-state index contributed by atoms with van der Waals surface area (Å²) in [7, 11) is -3.24.